The predicted octanol–water partition coefficient (Wildman–Crippen LogP) is 3.20. The van der Waals surface area contributed by atoms with Gasteiger partial charge in [-0.25, -0.2) is 13.1 Å². The van der Waals surface area contributed by atoms with Gasteiger partial charge in [-0.15, -0.1) is 0 Å². The molecule has 2 aromatic carbocycles. The van der Waals surface area contributed by atoms with Gasteiger partial charge in [0.05, 0.1) is 22.6 Å². The Kier molecular flexibility index (Phi) is 6.60. The van der Waals surface area contributed by atoms with Crippen LogP contribution in [0.25, 0.3) is 0 Å². The number of carbonyl (C=O) groups excluding carboxylic acids is 1. The van der Waals surface area contributed by atoms with E-state index in [0.29, 0.717) is 0 Å². The molecule has 0 aromatic heterocycles. The molecule has 0 spiro atoms. The van der Waals surface area contributed by atoms with Gasteiger partial charge in [0.15, 0.2) is 0 Å². The van der Waals surface area contributed by atoms with Gasteiger partial charge >= 0.3 is 0 Å². The number of rotatable bonds is 7. The highest BCUT2D eigenvalue weighted by Crippen LogP contribution is 2.29. The summed E-state index contributed by atoms with van der Waals surface area (Å²) in [6.07, 6.45) is 0. The van der Waals surface area contributed by atoms with Crippen molar-refractivity contribution in [3.8, 4) is 5.75 Å². The Morgan fingerprint density at radius 2 is 1.89 bits per heavy atom. The molecule has 0 aliphatic rings. The Hall–Kier alpha value is -2.69. The van der Waals surface area contributed by atoms with Crippen molar-refractivity contribution >= 4 is 38.9 Å². The topological polar surface area (TPSA) is 128 Å². The molecule has 0 aliphatic heterocycles. The van der Waals surface area contributed by atoms with Crippen LogP contribution in [0.4, 0.5) is 11.4 Å². The quantitative estimate of drug-likeness (QED) is 0.515. The van der Waals surface area contributed by atoms with Gasteiger partial charge in [0, 0.05) is 17.7 Å². The van der Waals surface area contributed by atoms with E-state index in [0.717, 1.165) is 6.07 Å². The predicted molar refractivity (Wildman–Crippen MR) is 105 cm³/mol. The maximum Gasteiger partial charge on any atom is 0.288 e. The average molecular weight is 428 g/mol. The molecule has 2 aromatic rings. The molecule has 150 valence electrons. The van der Waals surface area contributed by atoms with Crippen LogP contribution in [0.5, 0.6) is 5.75 Å². The number of nitro groups is 1. The maximum absolute atomic E-state index is 12.5. The number of nitrogens with zero attached hydrogens (tertiary/aromatic N) is 1. The number of carbonyl (C=O) groups is 1. The number of anilines is 1. The third-order valence-electron chi connectivity index (χ3n) is 3.53. The van der Waals surface area contributed by atoms with E-state index in [1.165, 1.54) is 37.4 Å². The van der Waals surface area contributed by atoms with Crippen molar-refractivity contribution < 1.29 is 22.9 Å². The van der Waals surface area contributed by atoms with Crippen molar-refractivity contribution in [2.75, 3.05) is 12.4 Å². The minimum atomic E-state index is -3.79. The van der Waals surface area contributed by atoms with Gasteiger partial charge < -0.3 is 10.1 Å². The van der Waals surface area contributed by atoms with Gasteiger partial charge in [-0.1, -0.05) is 11.6 Å². The molecule has 2 rings (SSSR count). The van der Waals surface area contributed by atoms with E-state index in [1.807, 2.05) is 0 Å². The second-order valence-electron chi connectivity index (χ2n) is 6.02. The Labute approximate surface area is 166 Å². The molecule has 28 heavy (non-hydrogen) atoms. The highest BCUT2D eigenvalue weighted by molar-refractivity contribution is 7.89. The first kappa shape index (κ1) is 21.6. The van der Waals surface area contributed by atoms with Crippen LogP contribution in [0.1, 0.15) is 24.2 Å². The van der Waals surface area contributed by atoms with E-state index in [-0.39, 0.29) is 33.0 Å². The van der Waals surface area contributed by atoms with Gasteiger partial charge in [-0.05, 0) is 44.2 Å². The fraction of sp³-hybridized carbons (Fsp3) is 0.235. The third-order valence-corrected chi connectivity index (χ3v) is 5.50. The SMILES string of the molecule is COc1ccc(S(=O)(=O)NC(C)C)cc1NC(=O)c1ccc(Cl)c([N+](=O)[O-])c1. The molecule has 0 heterocycles. The normalized spacial score (nSPS) is 11.3. The summed E-state index contributed by atoms with van der Waals surface area (Å²) in [5.41, 5.74) is -0.345. The first-order valence-electron chi connectivity index (χ1n) is 8.01. The highest BCUT2D eigenvalue weighted by Gasteiger charge is 2.20. The zero-order chi connectivity index (χ0) is 21.1. The summed E-state index contributed by atoms with van der Waals surface area (Å²) in [5, 5.41) is 13.4. The Morgan fingerprint density at radius 3 is 2.46 bits per heavy atom. The van der Waals surface area contributed by atoms with E-state index < -0.39 is 26.5 Å². The second kappa shape index (κ2) is 8.55. The molecule has 0 saturated carbocycles. The summed E-state index contributed by atoms with van der Waals surface area (Å²) in [6, 6.07) is 7.25. The van der Waals surface area contributed by atoms with Gasteiger partial charge in [0.1, 0.15) is 10.8 Å². The number of nitrogens with one attached hydrogen (secondary N) is 2. The smallest absolute Gasteiger partial charge is 0.288 e. The average Bonchev–Trinajstić information content (AvgIpc) is 2.60. The molecule has 0 atom stereocenters. The van der Waals surface area contributed by atoms with Crippen LogP contribution in [0.15, 0.2) is 41.3 Å². The molecule has 1 amide bonds. The van der Waals surface area contributed by atoms with Crippen molar-refractivity contribution in [3.05, 3.63) is 57.1 Å². The number of amides is 1. The highest BCUT2D eigenvalue weighted by atomic mass is 35.5. The van der Waals surface area contributed by atoms with Crippen LogP contribution < -0.4 is 14.8 Å². The van der Waals surface area contributed by atoms with Crippen molar-refractivity contribution in [2.24, 2.45) is 0 Å². The molecule has 9 nitrogen and oxygen atoms in total. The number of nitro benzene ring substituents is 1. The Balaban J connectivity index is 2.40. The lowest BCUT2D eigenvalue weighted by molar-refractivity contribution is -0.384. The van der Waals surface area contributed by atoms with Gasteiger partial charge in [-0.3, -0.25) is 14.9 Å². The molecule has 11 heteroatoms. The molecule has 0 saturated heterocycles. The van der Waals surface area contributed by atoms with Gasteiger partial charge in [0.2, 0.25) is 10.0 Å². The number of methoxy groups -OCH3 is 1. The fourth-order valence-electron chi connectivity index (χ4n) is 2.32. The number of benzene rings is 2. The summed E-state index contributed by atoms with van der Waals surface area (Å²) in [5.74, 6) is -0.468. The lowest BCUT2D eigenvalue weighted by Gasteiger charge is -2.14. The lowest BCUT2D eigenvalue weighted by atomic mass is 10.2. The maximum atomic E-state index is 12.5. The van der Waals surface area contributed by atoms with Crippen LogP contribution in [-0.4, -0.2) is 32.4 Å². The van der Waals surface area contributed by atoms with E-state index >= 15 is 0 Å². The van der Waals surface area contributed by atoms with E-state index in [4.69, 9.17) is 16.3 Å². The standard InChI is InChI=1S/C17H18ClN3O6S/c1-10(2)20-28(25,26)12-5-7-16(27-3)14(9-12)19-17(22)11-4-6-13(18)15(8-11)21(23)24/h4-10,20H,1-3H3,(H,19,22). The minimum Gasteiger partial charge on any atom is -0.495 e. The van der Waals surface area contributed by atoms with Crippen LogP contribution in [0, 0.1) is 10.1 Å². The first-order valence-corrected chi connectivity index (χ1v) is 9.87. The van der Waals surface area contributed by atoms with Crippen molar-refractivity contribution in [1.82, 2.24) is 4.72 Å². The monoisotopic (exact) mass is 427 g/mol. The number of halogens is 1. The molecular formula is C17H18ClN3O6S. The zero-order valence-corrected chi connectivity index (χ0v) is 16.8. The van der Waals surface area contributed by atoms with Crippen molar-refractivity contribution in [2.45, 2.75) is 24.8 Å². The first-order chi connectivity index (χ1) is 13.0. The molecule has 0 radical (unpaired) electrons. The number of ether oxygens (including phenoxy) is 1. The summed E-state index contributed by atoms with van der Waals surface area (Å²) in [4.78, 5) is 22.7. The van der Waals surface area contributed by atoms with Gasteiger partial charge in [-0.2, -0.15) is 0 Å². The van der Waals surface area contributed by atoms with E-state index in [1.54, 1.807) is 13.8 Å². The zero-order valence-electron chi connectivity index (χ0n) is 15.2. The van der Waals surface area contributed by atoms with Crippen LogP contribution >= 0.6 is 11.6 Å². The van der Waals surface area contributed by atoms with Crippen LogP contribution in [0.3, 0.4) is 0 Å². The second-order valence-corrected chi connectivity index (χ2v) is 8.14. The third kappa shape index (κ3) is 4.97. The summed E-state index contributed by atoms with van der Waals surface area (Å²) in [6.45, 7) is 3.36. The summed E-state index contributed by atoms with van der Waals surface area (Å²) >= 11 is 5.75. The molecule has 0 aliphatic carbocycles. The van der Waals surface area contributed by atoms with Crippen molar-refractivity contribution in [3.63, 3.8) is 0 Å². The van der Waals surface area contributed by atoms with Crippen LogP contribution in [-0.2, 0) is 10.0 Å². The Morgan fingerprint density at radius 1 is 1.21 bits per heavy atom. The minimum absolute atomic E-state index is 0.0216. The fourth-order valence-corrected chi connectivity index (χ4v) is 3.78. The number of hydrogen-bond donors (Lipinski definition) is 2. The lowest BCUT2D eigenvalue weighted by Crippen LogP contribution is -2.30. The number of hydrogen-bond acceptors (Lipinski definition) is 6. The largest absolute Gasteiger partial charge is 0.495 e. The van der Waals surface area contributed by atoms with Crippen LogP contribution in [0.2, 0.25) is 5.02 Å². The molecular weight excluding hydrogens is 410 g/mol. The van der Waals surface area contributed by atoms with Crippen molar-refractivity contribution in [1.29, 1.82) is 0 Å². The number of sulfonamides is 1. The Bertz CT molecular complexity index is 1020. The molecule has 2 N–H and O–H groups in total. The van der Waals surface area contributed by atoms with E-state index in [2.05, 4.69) is 10.0 Å². The summed E-state index contributed by atoms with van der Waals surface area (Å²) in [7, 11) is -2.43. The molecule has 0 fully saturated rings. The van der Waals surface area contributed by atoms with E-state index in [9.17, 15) is 23.3 Å². The van der Waals surface area contributed by atoms with Gasteiger partial charge in [0.25, 0.3) is 11.6 Å². The molecule has 0 unspecified atom stereocenters. The summed E-state index contributed by atoms with van der Waals surface area (Å²) < 4.78 is 32.3. The molecule has 0 bridgehead atoms.